The van der Waals surface area contributed by atoms with Crippen LogP contribution in [0.15, 0.2) is 24.4 Å². The molecule has 9 heteroatoms. The first kappa shape index (κ1) is 15.9. The quantitative estimate of drug-likeness (QED) is 0.701. The third-order valence-corrected chi connectivity index (χ3v) is 7.95. The zero-order valence-electron chi connectivity index (χ0n) is 12.5. The van der Waals surface area contributed by atoms with Crippen LogP contribution in [-0.2, 0) is 19.4 Å². The number of carbonyl (C=O) groups is 2. The fourth-order valence-electron chi connectivity index (χ4n) is 3.54. The van der Waals surface area contributed by atoms with Crippen molar-refractivity contribution in [3.05, 3.63) is 30.1 Å². The van der Waals surface area contributed by atoms with Crippen molar-refractivity contribution >= 4 is 21.7 Å². The van der Waals surface area contributed by atoms with Crippen molar-refractivity contribution in [3.8, 4) is 0 Å². The van der Waals surface area contributed by atoms with Crippen LogP contribution < -0.4 is 0 Å². The zero-order valence-corrected chi connectivity index (χ0v) is 13.3. The molecule has 23 heavy (non-hydrogen) atoms. The van der Waals surface area contributed by atoms with Gasteiger partial charge in [-0.3, -0.25) is 9.78 Å². The number of nitrogens with zero attached hydrogens (tertiary/aromatic N) is 2. The maximum absolute atomic E-state index is 12.9. The minimum atomic E-state index is -4.04. The number of hydrogen-bond donors (Lipinski definition) is 2. The van der Waals surface area contributed by atoms with Gasteiger partial charge in [0.1, 0.15) is 10.7 Å². The molecular formula is C14H16N2O6S. The van der Waals surface area contributed by atoms with Crippen LogP contribution in [-0.4, -0.2) is 62.7 Å². The molecule has 0 bridgehead atoms. The topological polar surface area (TPSA) is 125 Å². The Morgan fingerprint density at radius 3 is 2.52 bits per heavy atom. The second-order valence-electron chi connectivity index (χ2n) is 6.21. The number of aliphatic carboxylic acids is 1. The van der Waals surface area contributed by atoms with E-state index >= 15 is 0 Å². The standard InChI is InChI=1S/C14H16N2O6S/c1-13(2)14(7-17,12(19)20)16-10(18)9(11(16)23(13,21)22)8-5-3-4-6-15-8/h3-6,9,11,17H,7H2,1-2H3,(H,19,20)/t9-,11-,14+/m1/s1. The average molecular weight is 340 g/mol. The molecule has 2 aliphatic rings. The number of aliphatic hydroxyl groups excluding tert-OH is 1. The van der Waals surface area contributed by atoms with E-state index in [1.807, 2.05) is 0 Å². The van der Waals surface area contributed by atoms with E-state index in [9.17, 15) is 28.2 Å². The molecule has 2 N–H and O–H groups in total. The highest BCUT2D eigenvalue weighted by atomic mass is 32.2. The Morgan fingerprint density at radius 1 is 1.39 bits per heavy atom. The van der Waals surface area contributed by atoms with E-state index in [0.29, 0.717) is 0 Å². The lowest BCUT2D eigenvalue weighted by atomic mass is 9.79. The fraction of sp³-hybridized carbons (Fsp3) is 0.500. The third kappa shape index (κ3) is 1.53. The molecule has 124 valence electrons. The summed E-state index contributed by atoms with van der Waals surface area (Å²) in [6, 6.07) is 4.79. The number of amides is 1. The summed E-state index contributed by atoms with van der Waals surface area (Å²) in [4.78, 5) is 29.2. The molecule has 0 aliphatic carbocycles. The highest BCUT2D eigenvalue weighted by Crippen LogP contribution is 2.56. The molecule has 1 aromatic heterocycles. The summed E-state index contributed by atoms with van der Waals surface area (Å²) < 4.78 is 23.9. The van der Waals surface area contributed by atoms with Crippen LogP contribution >= 0.6 is 0 Å². The van der Waals surface area contributed by atoms with Gasteiger partial charge in [0.25, 0.3) is 0 Å². The molecule has 2 aliphatic heterocycles. The average Bonchev–Trinajstić information content (AvgIpc) is 2.61. The van der Waals surface area contributed by atoms with Crippen LogP contribution in [0.2, 0.25) is 0 Å². The fourth-order valence-corrected chi connectivity index (χ4v) is 6.04. The minimum Gasteiger partial charge on any atom is -0.479 e. The van der Waals surface area contributed by atoms with Gasteiger partial charge < -0.3 is 15.1 Å². The number of pyridine rings is 1. The third-order valence-electron chi connectivity index (χ3n) is 5.07. The lowest BCUT2D eigenvalue weighted by molar-refractivity contribution is -0.174. The van der Waals surface area contributed by atoms with Crippen molar-refractivity contribution in [2.45, 2.75) is 35.4 Å². The molecule has 0 aromatic carbocycles. The van der Waals surface area contributed by atoms with Crippen LogP contribution in [0.4, 0.5) is 0 Å². The van der Waals surface area contributed by atoms with Gasteiger partial charge in [-0.15, -0.1) is 0 Å². The summed E-state index contributed by atoms with van der Waals surface area (Å²) in [5.41, 5.74) is -1.92. The van der Waals surface area contributed by atoms with E-state index in [1.54, 1.807) is 12.1 Å². The second-order valence-corrected chi connectivity index (χ2v) is 8.80. The smallest absolute Gasteiger partial charge is 0.333 e. The second kappa shape index (κ2) is 4.51. The molecule has 1 aromatic rings. The van der Waals surface area contributed by atoms with Crippen LogP contribution in [0, 0.1) is 0 Å². The lowest BCUT2D eigenvalue weighted by Gasteiger charge is -2.47. The Kier molecular flexibility index (Phi) is 3.12. The molecule has 8 nitrogen and oxygen atoms in total. The predicted molar refractivity (Wildman–Crippen MR) is 78.1 cm³/mol. The Labute approximate surface area is 132 Å². The number of aromatic nitrogens is 1. The number of carboxylic acid groups (broad SMARTS) is 1. The Bertz CT molecular complexity index is 791. The van der Waals surface area contributed by atoms with Crippen LogP contribution in [0.1, 0.15) is 25.5 Å². The van der Waals surface area contributed by atoms with Crippen molar-refractivity contribution < 1.29 is 28.2 Å². The van der Waals surface area contributed by atoms with Crippen molar-refractivity contribution in [1.29, 1.82) is 0 Å². The molecule has 1 amide bonds. The maximum atomic E-state index is 12.9. The van der Waals surface area contributed by atoms with Gasteiger partial charge in [0.15, 0.2) is 20.8 Å². The zero-order chi connectivity index (χ0) is 17.2. The van der Waals surface area contributed by atoms with Crippen LogP contribution in [0.3, 0.4) is 0 Å². The van der Waals surface area contributed by atoms with Gasteiger partial charge in [0.05, 0.1) is 12.3 Å². The number of carboxylic acids is 1. The number of carbonyl (C=O) groups excluding carboxylic acids is 1. The molecule has 0 unspecified atom stereocenters. The van der Waals surface area contributed by atoms with E-state index in [1.165, 1.54) is 26.1 Å². The van der Waals surface area contributed by atoms with Crippen molar-refractivity contribution in [3.63, 3.8) is 0 Å². The molecule has 3 atom stereocenters. The Balaban J connectivity index is 2.21. The molecule has 0 radical (unpaired) electrons. The minimum absolute atomic E-state index is 0.275. The molecular weight excluding hydrogens is 324 g/mol. The van der Waals surface area contributed by atoms with Crippen molar-refractivity contribution in [1.82, 2.24) is 9.88 Å². The molecule has 0 saturated carbocycles. The van der Waals surface area contributed by atoms with E-state index < -0.39 is 49.9 Å². The molecule has 2 saturated heterocycles. The lowest BCUT2D eigenvalue weighted by Crippen LogP contribution is -2.71. The van der Waals surface area contributed by atoms with E-state index in [-0.39, 0.29) is 5.69 Å². The van der Waals surface area contributed by atoms with Crippen molar-refractivity contribution in [2.24, 2.45) is 0 Å². The number of aliphatic hydroxyl groups is 1. The summed E-state index contributed by atoms with van der Waals surface area (Å²) in [5, 5.41) is 18.0. The number of β-lactam (4-membered cyclic amide) rings is 1. The number of hydrogen-bond acceptors (Lipinski definition) is 6. The normalized spacial score (nSPS) is 33.9. The monoisotopic (exact) mass is 340 g/mol. The van der Waals surface area contributed by atoms with Gasteiger partial charge in [0.2, 0.25) is 5.91 Å². The van der Waals surface area contributed by atoms with Gasteiger partial charge in [-0.05, 0) is 26.0 Å². The number of sulfone groups is 1. The van der Waals surface area contributed by atoms with Gasteiger partial charge in [0, 0.05) is 6.20 Å². The molecule has 3 rings (SSSR count). The van der Waals surface area contributed by atoms with Crippen LogP contribution in [0.5, 0.6) is 0 Å². The van der Waals surface area contributed by atoms with Crippen LogP contribution in [0.25, 0.3) is 0 Å². The molecule has 0 spiro atoms. The Morgan fingerprint density at radius 2 is 2.04 bits per heavy atom. The SMILES string of the molecule is CC1(C)[C@](CO)(C(=O)O)N2C(=O)[C@@H](c3ccccn3)[C@H]2S1(=O)=O. The van der Waals surface area contributed by atoms with E-state index in [2.05, 4.69) is 4.98 Å². The Hall–Kier alpha value is -2.00. The van der Waals surface area contributed by atoms with Gasteiger partial charge in [-0.2, -0.15) is 0 Å². The molecule has 3 heterocycles. The summed E-state index contributed by atoms with van der Waals surface area (Å²) in [5.74, 6) is -3.24. The number of rotatable bonds is 3. The summed E-state index contributed by atoms with van der Waals surface area (Å²) >= 11 is 0. The summed E-state index contributed by atoms with van der Waals surface area (Å²) in [6.45, 7) is 1.48. The largest absolute Gasteiger partial charge is 0.479 e. The van der Waals surface area contributed by atoms with Gasteiger partial charge >= 0.3 is 5.97 Å². The highest BCUT2D eigenvalue weighted by molar-refractivity contribution is 7.94. The predicted octanol–water partition coefficient (Wildman–Crippen LogP) is -0.644. The summed E-state index contributed by atoms with van der Waals surface area (Å²) in [6.07, 6.45) is 1.44. The highest BCUT2D eigenvalue weighted by Gasteiger charge is 2.80. The first-order chi connectivity index (χ1) is 10.6. The molecule has 2 fully saturated rings. The van der Waals surface area contributed by atoms with E-state index in [4.69, 9.17) is 0 Å². The van der Waals surface area contributed by atoms with Gasteiger partial charge in [-0.25, -0.2) is 13.2 Å². The van der Waals surface area contributed by atoms with Crippen molar-refractivity contribution in [2.75, 3.05) is 6.61 Å². The van der Waals surface area contributed by atoms with Gasteiger partial charge in [-0.1, -0.05) is 6.07 Å². The van der Waals surface area contributed by atoms with E-state index in [0.717, 1.165) is 4.90 Å². The first-order valence-corrected chi connectivity index (χ1v) is 8.51. The maximum Gasteiger partial charge on any atom is 0.333 e. The number of fused-ring (bicyclic) bond motifs is 1. The summed E-state index contributed by atoms with van der Waals surface area (Å²) in [7, 11) is -4.04. The first-order valence-electron chi connectivity index (χ1n) is 6.96.